The monoisotopic (exact) mass is 376 g/mol. The van der Waals surface area contributed by atoms with Crippen LogP contribution in [0.1, 0.15) is 27.2 Å². The minimum Gasteiger partial charge on any atom is -0.355 e. The lowest BCUT2D eigenvalue weighted by atomic mass is 10.1. The molecule has 0 aliphatic rings. The second-order valence-electron chi connectivity index (χ2n) is 5.27. The fourth-order valence-electron chi connectivity index (χ4n) is 1.61. The Morgan fingerprint density at radius 2 is 1.76 bits per heavy atom. The Kier molecular flexibility index (Phi) is 6.83. The Bertz CT molecular complexity index is 570. The van der Waals surface area contributed by atoms with Crippen molar-refractivity contribution in [1.29, 1.82) is 0 Å². The first-order valence-corrected chi connectivity index (χ1v) is 9.05. The van der Waals surface area contributed by atoms with Crippen LogP contribution >= 0.6 is 15.9 Å². The molecule has 0 aliphatic heterocycles. The summed E-state index contributed by atoms with van der Waals surface area (Å²) < 4.78 is 27.4. The van der Waals surface area contributed by atoms with Gasteiger partial charge in [-0.1, -0.05) is 29.8 Å². The van der Waals surface area contributed by atoms with Crippen LogP contribution in [-0.4, -0.2) is 26.9 Å². The van der Waals surface area contributed by atoms with Gasteiger partial charge < -0.3 is 5.32 Å². The van der Waals surface area contributed by atoms with Crippen LogP contribution in [0.25, 0.3) is 0 Å². The van der Waals surface area contributed by atoms with E-state index in [1.165, 1.54) is 19.1 Å². The maximum atomic E-state index is 12.1. The summed E-state index contributed by atoms with van der Waals surface area (Å²) >= 11 is 3.25. The van der Waals surface area contributed by atoms with Crippen molar-refractivity contribution in [3.05, 3.63) is 28.7 Å². The van der Waals surface area contributed by atoms with Crippen molar-refractivity contribution in [3.8, 4) is 0 Å². The van der Waals surface area contributed by atoms with E-state index in [2.05, 4.69) is 39.8 Å². The maximum absolute atomic E-state index is 12.1. The molecule has 1 atom stereocenters. The molecule has 21 heavy (non-hydrogen) atoms. The SMILES string of the molecule is CC(C)CCNC(=O)C(C)NS(=O)(=O)c1ccc(Br)cc1. The number of sulfonamides is 1. The summed E-state index contributed by atoms with van der Waals surface area (Å²) in [5, 5.41) is 2.72. The summed E-state index contributed by atoms with van der Waals surface area (Å²) in [6.07, 6.45) is 0.859. The lowest BCUT2D eigenvalue weighted by Gasteiger charge is -2.15. The molecular formula is C14H21BrN2O3S. The molecule has 1 unspecified atom stereocenters. The van der Waals surface area contributed by atoms with E-state index >= 15 is 0 Å². The predicted octanol–water partition coefficient (Wildman–Crippen LogP) is 2.28. The van der Waals surface area contributed by atoms with E-state index in [0.29, 0.717) is 12.5 Å². The van der Waals surface area contributed by atoms with Gasteiger partial charge in [-0.15, -0.1) is 0 Å². The number of rotatable bonds is 7. The van der Waals surface area contributed by atoms with Gasteiger partial charge in [0.25, 0.3) is 0 Å². The molecule has 0 heterocycles. The lowest BCUT2D eigenvalue weighted by Crippen LogP contribution is -2.45. The third kappa shape index (κ3) is 6.15. The molecule has 0 bridgehead atoms. The summed E-state index contributed by atoms with van der Waals surface area (Å²) in [5.74, 6) is 0.163. The molecule has 0 aromatic heterocycles. The second-order valence-corrected chi connectivity index (χ2v) is 7.90. The van der Waals surface area contributed by atoms with Gasteiger partial charge in [0.15, 0.2) is 0 Å². The van der Waals surface area contributed by atoms with Crippen molar-refractivity contribution < 1.29 is 13.2 Å². The van der Waals surface area contributed by atoms with E-state index in [1.807, 2.05) is 0 Å². The highest BCUT2D eigenvalue weighted by atomic mass is 79.9. The van der Waals surface area contributed by atoms with E-state index < -0.39 is 16.1 Å². The molecule has 0 aliphatic carbocycles. The Labute approximate surface area is 134 Å². The van der Waals surface area contributed by atoms with E-state index in [4.69, 9.17) is 0 Å². The topological polar surface area (TPSA) is 75.3 Å². The number of carbonyl (C=O) groups excluding carboxylic acids is 1. The Morgan fingerprint density at radius 1 is 1.19 bits per heavy atom. The first-order chi connectivity index (χ1) is 9.72. The standard InChI is InChI=1S/C14H21BrN2O3S/c1-10(2)8-9-16-14(18)11(3)17-21(19,20)13-6-4-12(15)5-7-13/h4-7,10-11,17H,8-9H2,1-3H3,(H,16,18). The summed E-state index contributed by atoms with van der Waals surface area (Å²) in [5.41, 5.74) is 0. The molecule has 5 nitrogen and oxygen atoms in total. The average molecular weight is 377 g/mol. The van der Waals surface area contributed by atoms with Gasteiger partial charge in [-0.2, -0.15) is 4.72 Å². The van der Waals surface area contributed by atoms with Crippen molar-refractivity contribution in [3.63, 3.8) is 0 Å². The number of hydrogen-bond donors (Lipinski definition) is 2. The fourth-order valence-corrected chi connectivity index (χ4v) is 3.07. The van der Waals surface area contributed by atoms with Crippen LogP contribution in [0.3, 0.4) is 0 Å². The average Bonchev–Trinajstić information content (AvgIpc) is 2.38. The molecule has 0 radical (unpaired) electrons. The van der Waals surface area contributed by atoms with Crippen LogP contribution < -0.4 is 10.0 Å². The second kappa shape index (κ2) is 7.91. The zero-order valence-electron chi connectivity index (χ0n) is 12.4. The zero-order chi connectivity index (χ0) is 16.0. The van der Waals surface area contributed by atoms with Crippen LogP contribution in [0.2, 0.25) is 0 Å². The smallest absolute Gasteiger partial charge is 0.241 e. The lowest BCUT2D eigenvalue weighted by molar-refractivity contribution is -0.122. The summed E-state index contributed by atoms with van der Waals surface area (Å²) in [6, 6.07) is 5.43. The predicted molar refractivity (Wildman–Crippen MR) is 86.4 cm³/mol. The molecule has 0 fully saturated rings. The van der Waals surface area contributed by atoms with Gasteiger partial charge in [-0.3, -0.25) is 4.79 Å². The van der Waals surface area contributed by atoms with Crippen LogP contribution in [0.4, 0.5) is 0 Å². The van der Waals surface area contributed by atoms with Gasteiger partial charge in [0, 0.05) is 11.0 Å². The number of carbonyl (C=O) groups is 1. The largest absolute Gasteiger partial charge is 0.355 e. The molecule has 7 heteroatoms. The normalized spacial score (nSPS) is 13.2. The summed E-state index contributed by atoms with van der Waals surface area (Å²) in [4.78, 5) is 12.0. The fraction of sp³-hybridized carbons (Fsp3) is 0.500. The van der Waals surface area contributed by atoms with E-state index in [0.717, 1.165) is 10.9 Å². The molecule has 0 spiro atoms. The number of halogens is 1. The summed E-state index contributed by atoms with van der Waals surface area (Å²) in [7, 11) is -3.69. The number of benzene rings is 1. The van der Waals surface area contributed by atoms with Crippen LogP contribution in [-0.2, 0) is 14.8 Å². The first-order valence-electron chi connectivity index (χ1n) is 6.78. The molecule has 2 N–H and O–H groups in total. The molecule has 1 aromatic carbocycles. The van der Waals surface area contributed by atoms with Gasteiger partial charge >= 0.3 is 0 Å². The number of amides is 1. The van der Waals surface area contributed by atoms with Crippen molar-refractivity contribution in [2.45, 2.75) is 38.1 Å². The molecule has 0 saturated carbocycles. The number of hydrogen-bond acceptors (Lipinski definition) is 3. The van der Waals surface area contributed by atoms with Crippen molar-refractivity contribution in [1.82, 2.24) is 10.0 Å². The van der Waals surface area contributed by atoms with Gasteiger partial charge in [0.1, 0.15) is 0 Å². The Hall–Kier alpha value is -0.920. The minimum absolute atomic E-state index is 0.132. The van der Waals surface area contributed by atoms with Gasteiger partial charge in [-0.25, -0.2) is 8.42 Å². The highest BCUT2D eigenvalue weighted by molar-refractivity contribution is 9.10. The van der Waals surface area contributed by atoms with Crippen LogP contribution in [0.5, 0.6) is 0 Å². The summed E-state index contributed by atoms with van der Waals surface area (Å²) in [6.45, 7) is 6.19. The minimum atomic E-state index is -3.69. The Morgan fingerprint density at radius 3 is 2.29 bits per heavy atom. The first kappa shape index (κ1) is 18.1. The third-order valence-corrected chi connectivity index (χ3v) is 4.96. The Balaban J connectivity index is 2.62. The highest BCUT2D eigenvalue weighted by Crippen LogP contribution is 2.14. The van der Waals surface area contributed by atoms with Gasteiger partial charge in [-0.05, 0) is 43.5 Å². The molecule has 1 rings (SSSR count). The van der Waals surface area contributed by atoms with Crippen LogP contribution in [0.15, 0.2) is 33.6 Å². The molecule has 1 aromatic rings. The van der Waals surface area contributed by atoms with Gasteiger partial charge in [0.05, 0.1) is 10.9 Å². The van der Waals surface area contributed by atoms with Gasteiger partial charge in [0.2, 0.25) is 15.9 Å². The van der Waals surface area contributed by atoms with Crippen molar-refractivity contribution in [2.24, 2.45) is 5.92 Å². The molecular weight excluding hydrogens is 356 g/mol. The van der Waals surface area contributed by atoms with Crippen molar-refractivity contribution >= 4 is 31.9 Å². The zero-order valence-corrected chi connectivity index (χ0v) is 14.8. The third-order valence-electron chi connectivity index (χ3n) is 2.87. The maximum Gasteiger partial charge on any atom is 0.241 e. The molecule has 0 saturated heterocycles. The molecule has 1 amide bonds. The van der Waals surface area contributed by atoms with E-state index in [1.54, 1.807) is 12.1 Å². The van der Waals surface area contributed by atoms with Crippen LogP contribution in [0, 0.1) is 5.92 Å². The quantitative estimate of drug-likeness (QED) is 0.766. The van der Waals surface area contributed by atoms with E-state index in [-0.39, 0.29) is 10.8 Å². The number of nitrogens with one attached hydrogen (secondary N) is 2. The van der Waals surface area contributed by atoms with E-state index in [9.17, 15) is 13.2 Å². The molecule has 118 valence electrons. The highest BCUT2D eigenvalue weighted by Gasteiger charge is 2.21. The van der Waals surface area contributed by atoms with Crippen molar-refractivity contribution in [2.75, 3.05) is 6.54 Å².